The molecule has 0 saturated carbocycles. The lowest BCUT2D eigenvalue weighted by Gasteiger charge is -2.07. The number of amides is 1. The van der Waals surface area contributed by atoms with E-state index in [1.54, 1.807) is 12.1 Å². The molecular formula is C13H10FN3OS. The molecule has 0 spiro atoms. The van der Waals surface area contributed by atoms with Gasteiger partial charge in [-0.3, -0.25) is 9.78 Å². The van der Waals surface area contributed by atoms with Crippen LogP contribution in [0.2, 0.25) is 0 Å². The minimum Gasteiger partial charge on any atom is -0.389 e. The van der Waals surface area contributed by atoms with Crippen molar-refractivity contribution in [3.8, 4) is 0 Å². The van der Waals surface area contributed by atoms with Crippen LogP contribution in [0.3, 0.4) is 0 Å². The quantitative estimate of drug-likeness (QED) is 0.842. The Hall–Kier alpha value is -2.34. The van der Waals surface area contributed by atoms with Crippen LogP contribution in [-0.4, -0.2) is 15.9 Å². The smallest absolute Gasteiger partial charge is 0.255 e. The first-order valence-electron chi connectivity index (χ1n) is 5.38. The Kier molecular flexibility index (Phi) is 3.82. The second-order valence-electron chi connectivity index (χ2n) is 3.75. The highest BCUT2D eigenvalue weighted by atomic mass is 32.1. The number of halogens is 1. The van der Waals surface area contributed by atoms with Crippen molar-refractivity contribution < 1.29 is 9.18 Å². The lowest BCUT2D eigenvalue weighted by Crippen LogP contribution is -2.15. The number of anilines is 1. The molecule has 2 aromatic rings. The second-order valence-corrected chi connectivity index (χ2v) is 4.19. The Morgan fingerprint density at radius 3 is 2.58 bits per heavy atom. The zero-order valence-electron chi connectivity index (χ0n) is 9.76. The molecule has 0 saturated heterocycles. The van der Waals surface area contributed by atoms with Crippen LogP contribution in [0.15, 0.2) is 42.7 Å². The Morgan fingerprint density at radius 2 is 1.95 bits per heavy atom. The number of nitrogens with two attached hydrogens (primary N) is 1. The average Bonchev–Trinajstić information content (AvgIpc) is 2.41. The van der Waals surface area contributed by atoms with Crippen LogP contribution in [0.5, 0.6) is 0 Å². The van der Waals surface area contributed by atoms with Crippen LogP contribution in [0, 0.1) is 5.82 Å². The van der Waals surface area contributed by atoms with Gasteiger partial charge >= 0.3 is 0 Å². The monoisotopic (exact) mass is 275 g/mol. The fourth-order valence-corrected chi connectivity index (χ4v) is 1.65. The van der Waals surface area contributed by atoms with E-state index in [9.17, 15) is 9.18 Å². The molecule has 2 rings (SSSR count). The van der Waals surface area contributed by atoms with E-state index in [-0.39, 0.29) is 16.5 Å². The van der Waals surface area contributed by atoms with Gasteiger partial charge in [-0.25, -0.2) is 4.39 Å². The van der Waals surface area contributed by atoms with Crippen LogP contribution < -0.4 is 11.1 Å². The van der Waals surface area contributed by atoms with Gasteiger partial charge in [-0.15, -0.1) is 0 Å². The molecule has 3 N–H and O–H groups in total. The van der Waals surface area contributed by atoms with Crippen molar-refractivity contribution in [2.75, 3.05) is 5.32 Å². The van der Waals surface area contributed by atoms with Crippen molar-refractivity contribution in [2.45, 2.75) is 0 Å². The minimum atomic E-state index is -0.519. The van der Waals surface area contributed by atoms with Gasteiger partial charge in [-0.2, -0.15) is 0 Å². The predicted molar refractivity (Wildman–Crippen MR) is 74.5 cm³/mol. The van der Waals surface area contributed by atoms with Gasteiger partial charge in [-0.1, -0.05) is 12.2 Å². The lowest BCUT2D eigenvalue weighted by atomic mass is 10.1. The number of hydrogen-bond acceptors (Lipinski definition) is 3. The first kappa shape index (κ1) is 13.1. The molecule has 0 bridgehead atoms. The van der Waals surface area contributed by atoms with Crippen molar-refractivity contribution >= 4 is 28.8 Å². The second kappa shape index (κ2) is 5.53. The fourth-order valence-electron chi connectivity index (χ4n) is 1.50. The van der Waals surface area contributed by atoms with Crippen molar-refractivity contribution in [1.29, 1.82) is 0 Å². The number of rotatable bonds is 3. The van der Waals surface area contributed by atoms with Gasteiger partial charge in [0.2, 0.25) is 0 Å². The van der Waals surface area contributed by atoms with Crippen molar-refractivity contribution in [2.24, 2.45) is 5.73 Å². The van der Waals surface area contributed by atoms with E-state index < -0.39 is 5.82 Å². The molecule has 0 aliphatic carbocycles. The van der Waals surface area contributed by atoms with Gasteiger partial charge in [0.05, 0.1) is 0 Å². The van der Waals surface area contributed by atoms with Gasteiger partial charge in [-0.05, 0) is 30.3 Å². The molecule has 1 aromatic heterocycles. The molecule has 1 aromatic carbocycles. The first-order chi connectivity index (χ1) is 9.08. The molecular weight excluding hydrogens is 265 g/mol. The summed E-state index contributed by atoms with van der Waals surface area (Å²) >= 11 is 4.73. The molecule has 0 unspecified atom stereocenters. The molecule has 1 heterocycles. The third-order valence-corrected chi connectivity index (χ3v) is 2.65. The molecule has 0 fully saturated rings. The van der Waals surface area contributed by atoms with Crippen molar-refractivity contribution in [3.63, 3.8) is 0 Å². The Balaban J connectivity index is 2.23. The molecule has 19 heavy (non-hydrogen) atoms. The maximum absolute atomic E-state index is 13.4. The molecule has 0 atom stereocenters. The summed E-state index contributed by atoms with van der Waals surface area (Å²) in [6, 6.07) is 7.20. The van der Waals surface area contributed by atoms with E-state index >= 15 is 0 Å². The van der Waals surface area contributed by atoms with Gasteiger partial charge in [0, 0.05) is 29.2 Å². The Morgan fingerprint density at radius 1 is 1.26 bits per heavy atom. The Bertz CT molecular complexity index is 631. The number of hydrogen-bond donors (Lipinski definition) is 2. The summed E-state index contributed by atoms with van der Waals surface area (Å²) in [6.07, 6.45) is 3.03. The summed E-state index contributed by atoms with van der Waals surface area (Å²) < 4.78 is 13.4. The van der Waals surface area contributed by atoms with E-state index in [0.717, 1.165) is 0 Å². The van der Waals surface area contributed by atoms with Gasteiger partial charge < -0.3 is 11.1 Å². The third-order valence-electron chi connectivity index (χ3n) is 2.43. The van der Waals surface area contributed by atoms with Crippen molar-refractivity contribution in [3.05, 3.63) is 59.7 Å². The molecule has 1 amide bonds. The number of nitrogens with zero attached hydrogens (tertiary/aromatic N) is 1. The number of carbonyl (C=O) groups is 1. The molecule has 6 heteroatoms. The number of carbonyl (C=O) groups excluding carboxylic acids is 1. The lowest BCUT2D eigenvalue weighted by molar-refractivity contribution is 0.102. The maximum Gasteiger partial charge on any atom is 0.255 e. The maximum atomic E-state index is 13.4. The largest absolute Gasteiger partial charge is 0.389 e. The van der Waals surface area contributed by atoms with Crippen LogP contribution >= 0.6 is 12.2 Å². The summed E-state index contributed by atoms with van der Waals surface area (Å²) in [6.45, 7) is 0. The van der Waals surface area contributed by atoms with Crippen LogP contribution in [0.25, 0.3) is 0 Å². The third kappa shape index (κ3) is 3.11. The highest BCUT2D eigenvalue weighted by molar-refractivity contribution is 7.80. The number of pyridine rings is 1. The van der Waals surface area contributed by atoms with Gasteiger partial charge in [0.1, 0.15) is 10.8 Å². The highest BCUT2D eigenvalue weighted by Gasteiger charge is 2.09. The summed E-state index contributed by atoms with van der Waals surface area (Å²) in [5.74, 6) is -0.836. The number of thiocarbonyl (C=S) groups is 1. The molecule has 96 valence electrons. The number of benzene rings is 1. The molecule has 0 aliphatic heterocycles. The van der Waals surface area contributed by atoms with Crippen LogP contribution in [-0.2, 0) is 0 Å². The predicted octanol–water partition coefficient (Wildman–Crippen LogP) is 2.11. The summed E-state index contributed by atoms with van der Waals surface area (Å²) in [5.41, 5.74) is 6.37. The molecule has 4 nitrogen and oxygen atoms in total. The summed E-state index contributed by atoms with van der Waals surface area (Å²) in [4.78, 5) is 15.6. The SMILES string of the molecule is NC(=S)c1cc(NC(=O)c2ccncc2)ccc1F. The standard InChI is InChI=1S/C13H10FN3OS/c14-11-2-1-9(7-10(11)12(15)19)17-13(18)8-3-5-16-6-4-8/h1-7H,(H2,15,19)(H,17,18). The number of nitrogens with one attached hydrogen (secondary N) is 1. The molecule has 0 radical (unpaired) electrons. The normalized spacial score (nSPS) is 9.95. The van der Waals surface area contributed by atoms with E-state index in [1.807, 2.05) is 0 Å². The number of aromatic nitrogens is 1. The van der Waals surface area contributed by atoms with Gasteiger partial charge in [0.25, 0.3) is 5.91 Å². The summed E-state index contributed by atoms with van der Waals surface area (Å²) in [5, 5.41) is 2.63. The van der Waals surface area contributed by atoms with E-state index in [4.69, 9.17) is 18.0 Å². The zero-order chi connectivity index (χ0) is 13.8. The van der Waals surface area contributed by atoms with E-state index in [2.05, 4.69) is 10.3 Å². The average molecular weight is 275 g/mol. The fraction of sp³-hybridized carbons (Fsp3) is 0. The topological polar surface area (TPSA) is 68.0 Å². The molecule has 0 aliphatic rings. The zero-order valence-corrected chi connectivity index (χ0v) is 10.6. The van der Waals surface area contributed by atoms with E-state index in [1.165, 1.54) is 30.6 Å². The van der Waals surface area contributed by atoms with Crippen LogP contribution in [0.4, 0.5) is 10.1 Å². The van der Waals surface area contributed by atoms with Gasteiger partial charge in [0.15, 0.2) is 0 Å². The van der Waals surface area contributed by atoms with Crippen molar-refractivity contribution in [1.82, 2.24) is 4.98 Å². The summed E-state index contributed by atoms with van der Waals surface area (Å²) in [7, 11) is 0. The van der Waals surface area contributed by atoms with Crippen LogP contribution in [0.1, 0.15) is 15.9 Å². The Labute approximate surface area is 114 Å². The first-order valence-corrected chi connectivity index (χ1v) is 5.79. The minimum absolute atomic E-state index is 0.0579. The highest BCUT2D eigenvalue weighted by Crippen LogP contribution is 2.15. The van der Waals surface area contributed by atoms with E-state index in [0.29, 0.717) is 11.3 Å².